The van der Waals surface area contributed by atoms with Crippen molar-refractivity contribution >= 4 is 23.2 Å². The molecular weight excluding hydrogens is 452 g/mol. The second-order valence-electron chi connectivity index (χ2n) is 9.30. The van der Waals surface area contributed by atoms with E-state index in [1.165, 1.54) is 29.1 Å². The van der Waals surface area contributed by atoms with Crippen LogP contribution in [0.2, 0.25) is 5.02 Å². The number of hydrogen-bond donors (Lipinski definition) is 2. The molecule has 2 saturated carbocycles. The number of carbonyl (C=O) groups excluding carboxylic acids is 1. The third kappa shape index (κ3) is 3.83. The van der Waals surface area contributed by atoms with E-state index < -0.39 is 17.2 Å². The van der Waals surface area contributed by atoms with Gasteiger partial charge in [0, 0.05) is 25.7 Å². The normalized spacial score (nSPS) is 26.5. The number of rotatable bonds is 4. The Kier molecular flexibility index (Phi) is 5.29. The van der Waals surface area contributed by atoms with Crippen LogP contribution in [0, 0.1) is 23.5 Å². The molecule has 5 rings (SSSR count). The molecule has 1 amide bonds. The highest BCUT2D eigenvalue weighted by molar-refractivity contribution is 6.31. The van der Waals surface area contributed by atoms with Crippen molar-refractivity contribution in [2.24, 2.45) is 25.9 Å². The molecule has 2 N–H and O–H groups in total. The first kappa shape index (κ1) is 22.0. The van der Waals surface area contributed by atoms with E-state index >= 15 is 0 Å². The van der Waals surface area contributed by atoms with E-state index in [1.54, 1.807) is 25.0 Å². The number of nitrogens with zero attached hydrogens (tertiary/aromatic N) is 4. The Morgan fingerprint density at radius 2 is 1.91 bits per heavy atom. The largest absolute Gasteiger partial charge is 0.383 e. The number of hydrogen-bond acceptors (Lipinski definition) is 4. The zero-order valence-corrected chi connectivity index (χ0v) is 19.0. The van der Waals surface area contributed by atoms with Gasteiger partial charge in [0.1, 0.15) is 22.8 Å². The summed E-state index contributed by atoms with van der Waals surface area (Å²) in [6, 6.07) is 4.01. The fourth-order valence-corrected chi connectivity index (χ4v) is 5.82. The topological polar surface area (TPSA) is 85.0 Å². The number of aryl methyl sites for hydroxylation is 2. The van der Waals surface area contributed by atoms with Gasteiger partial charge < -0.3 is 15.0 Å². The third-order valence-electron chi connectivity index (χ3n) is 7.01. The minimum absolute atomic E-state index is 0.0527. The Bertz CT molecular complexity index is 1230. The summed E-state index contributed by atoms with van der Waals surface area (Å²) in [5.74, 6) is -0.959. The lowest BCUT2D eigenvalue weighted by molar-refractivity contribution is 0.0261. The van der Waals surface area contributed by atoms with Crippen molar-refractivity contribution in [3.8, 4) is 0 Å². The minimum atomic E-state index is -1.27. The van der Waals surface area contributed by atoms with Gasteiger partial charge in [-0.25, -0.2) is 13.8 Å². The van der Waals surface area contributed by atoms with E-state index in [9.17, 15) is 18.7 Å². The smallest absolute Gasteiger partial charge is 0.274 e. The predicted molar refractivity (Wildman–Crippen MR) is 118 cm³/mol. The van der Waals surface area contributed by atoms with E-state index in [0.29, 0.717) is 29.9 Å². The molecule has 1 aromatic carbocycles. The minimum Gasteiger partial charge on any atom is -0.383 e. The monoisotopic (exact) mass is 475 g/mol. The Morgan fingerprint density at radius 1 is 1.21 bits per heavy atom. The summed E-state index contributed by atoms with van der Waals surface area (Å²) in [6.07, 6.45) is 5.25. The van der Waals surface area contributed by atoms with E-state index in [0.717, 1.165) is 12.8 Å². The summed E-state index contributed by atoms with van der Waals surface area (Å²) >= 11 is 5.83. The highest BCUT2D eigenvalue weighted by Gasteiger charge is 2.52. The first-order valence-electron chi connectivity index (χ1n) is 10.8. The highest BCUT2D eigenvalue weighted by atomic mass is 35.5. The average Bonchev–Trinajstić information content (AvgIpc) is 3.46. The molecule has 2 aromatic heterocycles. The number of aliphatic hydroxyl groups is 1. The molecule has 2 aliphatic rings. The van der Waals surface area contributed by atoms with Gasteiger partial charge in [-0.1, -0.05) is 11.6 Å². The van der Waals surface area contributed by atoms with Gasteiger partial charge in [-0.15, -0.1) is 0 Å². The van der Waals surface area contributed by atoms with Crippen LogP contribution in [0.5, 0.6) is 0 Å². The van der Waals surface area contributed by atoms with Gasteiger partial charge in [-0.05, 0) is 55.7 Å². The lowest BCUT2D eigenvalue weighted by atomic mass is 9.90. The quantitative estimate of drug-likeness (QED) is 0.594. The molecule has 2 aliphatic carbocycles. The molecule has 10 heteroatoms. The van der Waals surface area contributed by atoms with Gasteiger partial charge in [-0.2, -0.15) is 5.10 Å². The molecule has 2 atom stereocenters. The van der Waals surface area contributed by atoms with Crippen LogP contribution in [0.15, 0.2) is 30.7 Å². The van der Waals surface area contributed by atoms with Crippen molar-refractivity contribution in [2.75, 3.05) is 5.32 Å². The molecule has 3 aromatic rings. The fourth-order valence-electron chi connectivity index (χ4n) is 5.64. The molecule has 2 fully saturated rings. The SMILES string of the molecule is Cn1cc(F)c(C2(O)CC3CC(c4ncn(C)c4C(=O)Nc4ccc(F)c(Cl)c4)CC3C2)n1. The number of halogens is 3. The second-order valence-corrected chi connectivity index (χ2v) is 9.71. The molecular formula is C23H24ClF2N5O2. The Morgan fingerprint density at radius 3 is 2.52 bits per heavy atom. The standard InChI is InChI=1S/C23H24ClF2N5O2/c1-30-11-27-19(20(30)22(32)28-15-3-4-17(25)16(24)7-15)12-5-13-8-23(33,9-14(13)6-12)21-18(26)10-31(2)29-21/h3-4,7,10-14,33H,5-6,8-9H2,1-2H3,(H,28,32). The summed E-state index contributed by atoms with van der Waals surface area (Å²) in [5, 5.41) is 18.0. The summed E-state index contributed by atoms with van der Waals surface area (Å²) in [7, 11) is 3.39. The molecule has 174 valence electrons. The Balaban J connectivity index is 1.33. The summed E-state index contributed by atoms with van der Waals surface area (Å²) in [5.41, 5.74) is 0.380. The maximum atomic E-state index is 14.3. The number of aromatic nitrogens is 4. The van der Waals surface area contributed by atoms with Crippen molar-refractivity contribution in [1.82, 2.24) is 19.3 Å². The maximum absolute atomic E-state index is 14.3. The summed E-state index contributed by atoms with van der Waals surface area (Å²) in [6.45, 7) is 0. The van der Waals surface area contributed by atoms with Crippen LogP contribution in [0.3, 0.4) is 0 Å². The molecule has 7 nitrogen and oxygen atoms in total. The van der Waals surface area contributed by atoms with Gasteiger partial charge in [-0.3, -0.25) is 9.48 Å². The van der Waals surface area contributed by atoms with Crippen molar-refractivity contribution < 1.29 is 18.7 Å². The van der Waals surface area contributed by atoms with Gasteiger partial charge in [0.2, 0.25) is 0 Å². The van der Waals surface area contributed by atoms with Gasteiger partial charge in [0.05, 0.1) is 23.2 Å². The molecule has 0 aliphatic heterocycles. The number of benzene rings is 1. The number of amides is 1. The molecule has 0 bridgehead atoms. The lowest BCUT2D eigenvalue weighted by Crippen LogP contribution is -2.25. The Labute approximate surface area is 194 Å². The maximum Gasteiger partial charge on any atom is 0.274 e. The van der Waals surface area contributed by atoms with Crippen LogP contribution in [-0.2, 0) is 19.7 Å². The average molecular weight is 476 g/mol. The highest BCUT2D eigenvalue weighted by Crippen LogP contribution is 2.56. The van der Waals surface area contributed by atoms with E-state index in [4.69, 9.17) is 11.6 Å². The molecule has 2 unspecified atom stereocenters. The van der Waals surface area contributed by atoms with Crippen molar-refractivity contribution in [3.05, 3.63) is 64.5 Å². The van der Waals surface area contributed by atoms with Crippen molar-refractivity contribution in [2.45, 2.75) is 37.2 Å². The summed E-state index contributed by atoms with van der Waals surface area (Å²) < 4.78 is 30.8. The molecule has 0 spiro atoms. The number of imidazole rings is 1. The number of anilines is 1. The third-order valence-corrected chi connectivity index (χ3v) is 7.30. The number of carbonyl (C=O) groups is 1. The summed E-state index contributed by atoms with van der Waals surface area (Å²) in [4.78, 5) is 17.6. The van der Waals surface area contributed by atoms with Crippen LogP contribution in [0.25, 0.3) is 0 Å². The second kappa shape index (κ2) is 7.92. The zero-order valence-electron chi connectivity index (χ0n) is 18.2. The number of fused-ring (bicyclic) bond motifs is 1. The number of nitrogens with one attached hydrogen (secondary N) is 1. The molecule has 0 radical (unpaired) electrons. The van der Waals surface area contributed by atoms with E-state index in [2.05, 4.69) is 15.4 Å². The molecule has 33 heavy (non-hydrogen) atoms. The van der Waals surface area contributed by atoms with E-state index in [1.807, 2.05) is 0 Å². The Hall–Kier alpha value is -2.78. The van der Waals surface area contributed by atoms with Gasteiger partial charge in [0.25, 0.3) is 5.91 Å². The first-order valence-corrected chi connectivity index (χ1v) is 11.2. The van der Waals surface area contributed by atoms with Crippen LogP contribution in [0.1, 0.15) is 53.5 Å². The van der Waals surface area contributed by atoms with Gasteiger partial charge in [0.15, 0.2) is 5.82 Å². The zero-order chi connectivity index (χ0) is 23.5. The first-order chi connectivity index (χ1) is 15.6. The molecule has 0 saturated heterocycles. The van der Waals surface area contributed by atoms with Gasteiger partial charge >= 0.3 is 0 Å². The fraction of sp³-hybridized carbons (Fsp3) is 0.435. The van der Waals surface area contributed by atoms with Crippen LogP contribution < -0.4 is 5.32 Å². The van der Waals surface area contributed by atoms with Crippen LogP contribution in [-0.4, -0.2) is 30.3 Å². The predicted octanol–water partition coefficient (Wildman–Crippen LogP) is 4.13. The van der Waals surface area contributed by atoms with Crippen molar-refractivity contribution in [1.29, 1.82) is 0 Å². The van der Waals surface area contributed by atoms with Crippen LogP contribution in [0.4, 0.5) is 14.5 Å². The van der Waals surface area contributed by atoms with E-state index in [-0.39, 0.29) is 34.4 Å². The van der Waals surface area contributed by atoms with Crippen LogP contribution >= 0.6 is 11.6 Å². The molecule has 2 heterocycles. The lowest BCUT2D eigenvalue weighted by Gasteiger charge is -2.22. The van der Waals surface area contributed by atoms with Crippen molar-refractivity contribution in [3.63, 3.8) is 0 Å².